The van der Waals surface area contributed by atoms with Gasteiger partial charge in [-0.2, -0.15) is 0 Å². The van der Waals surface area contributed by atoms with Crippen molar-refractivity contribution in [1.29, 1.82) is 0 Å². The van der Waals surface area contributed by atoms with Crippen molar-refractivity contribution >= 4 is 0 Å². The molecule has 0 atom stereocenters. The maximum absolute atomic E-state index is 12.4. The maximum Gasteiger partial charge on any atom is 0.255 e. The lowest BCUT2D eigenvalue weighted by atomic mass is 10.1. The van der Waals surface area contributed by atoms with Gasteiger partial charge in [0.1, 0.15) is 0 Å². The highest BCUT2D eigenvalue weighted by molar-refractivity contribution is 5.59. The van der Waals surface area contributed by atoms with Crippen LogP contribution in [0.5, 0.6) is 0 Å². The smallest absolute Gasteiger partial charge is 0.255 e. The summed E-state index contributed by atoms with van der Waals surface area (Å²) in [6.07, 6.45) is 0.796. The van der Waals surface area contributed by atoms with Crippen LogP contribution in [-0.4, -0.2) is 18.3 Å². The molecule has 0 saturated heterocycles. The Hall–Kier alpha value is -1.91. The molecule has 0 radical (unpaired) electrons. The van der Waals surface area contributed by atoms with Gasteiger partial charge in [0.25, 0.3) is 5.56 Å². The predicted molar refractivity (Wildman–Crippen MR) is 80.5 cm³/mol. The van der Waals surface area contributed by atoms with Crippen molar-refractivity contribution in [1.82, 2.24) is 4.57 Å². The maximum atomic E-state index is 12.4. The molecule has 2 aromatic rings. The monoisotopic (exact) mass is 272 g/mol. The van der Waals surface area contributed by atoms with Crippen molar-refractivity contribution in [2.24, 2.45) is 5.73 Å². The Morgan fingerprint density at radius 2 is 1.90 bits per heavy atom. The first-order valence-electron chi connectivity index (χ1n) is 6.75. The van der Waals surface area contributed by atoms with Gasteiger partial charge in [-0.25, -0.2) is 0 Å². The molecule has 0 bridgehead atoms. The van der Waals surface area contributed by atoms with Crippen LogP contribution in [0.2, 0.25) is 0 Å². The standard InChI is InChI=1S/C16H20N2O2/c1-20-11-5-10-18-15(13-6-3-2-4-7-13)9-8-14(12-17)16(18)19/h2-4,6-9H,5,10-12,17H2,1H3. The third-order valence-electron chi connectivity index (χ3n) is 3.27. The SMILES string of the molecule is COCCCn1c(-c2ccccc2)ccc(CN)c1=O. The van der Waals surface area contributed by atoms with E-state index >= 15 is 0 Å². The molecule has 2 N–H and O–H groups in total. The lowest BCUT2D eigenvalue weighted by Crippen LogP contribution is -2.27. The molecule has 0 aliphatic heterocycles. The van der Waals surface area contributed by atoms with Crippen LogP contribution < -0.4 is 11.3 Å². The second-order valence-electron chi connectivity index (χ2n) is 4.62. The fourth-order valence-corrected chi connectivity index (χ4v) is 2.23. The van der Waals surface area contributed by atoms with E-state index in [1.54, 1.807) is 11.7 Å². The fourth-order valence-electron chi connectivity index (χ4n) is 2.23. The molecule has 0 saturated carbocycles. The van der Waals surface area contributed by atoms with Crippen molar-refractivity contribution in [2.75, 3.05) is 13.7 Å². The van der Waals surface area contributed by atoms with E-state index in [4.69, 9.17) is 10.5 Å². The van der Waals surface area contributed by atoms with E-state index in [1.807, 2.05) is 42.5 Å². The summed E-state index contributed by atoms with van der Waals surface area (Å²) in [6, 6.07) is 13.7. The summed E-state index contributed by atoms with van der Waals surface area (Å²) in [4.78, 5) is 12.4. The fraction of sp³-hybridized carbons (Fsp3) is 0.312. The summed E-state index contributed by atoms with van der Waals surface area (Å²) in [6.45, 7) is 1.52. The molecule has 0 unspecified atom stereocenters. The van der Waals surface area contributed by atoms with E-state index in [1.165, 1.54) is 0 Å². The molecular formula is C16H20N2O2. The first-order valence-corrected chi connectivity index (χ1v) is 6.75. The van der Waals surface area contributed by atoms with Crippen molar-refractivity contribution in [3.8, 4) is 11.3 Å². The number of hydrogen-bond donors (Lipinski definition) is 1. The molecular weight excluding hydrogens is 252 g/mol. The van der Waals surface area contributed by atoms with Gasteiger partial charge < -0.3 is 15.0 Å². The molecule has 0 amide bonds. The number of rotatable bonds is 6. The van der Waals surface area contributed by atoms with Crippen LogP contribution in [0, 0.1) is 0 Å². The minimum absolute atomic E-state index is 0.00930. The molecule has 1 aromatic carbocycles. The van der Waals surface area contributed by atoms with E-state index in [-0.39, 0.29) is 12.1 Å². The van der Waals surface area contributed by atoms with E-state index in [0.717, 1.165) is 17.7 Å². The highest BCUT2D eigenvalue weighted by atomic mass is 16.5. The third-order valence-corrected chi connectivity index (χ3v) is 3.27. The Labute approximate surface area is 118 Å². The van der Waals surface area contributed by atoms with Gasteiger partial charge in [-0.05, 0) is 18.1 Å². The van der Waals surface area contributed by atoms with Gasteiger partial charge >= 0.3 is 0 Å². The quantitative estimate of drug-likeness (QED) is 0.818. The van der Waals surface area contributed by atoms with E-state index in [9.17, 15) is 4.79 Å². The number of nitrogens with two attached hydrogens (primary N) is 1. The average Bonchev–Trinajstić information content (AvgIpc) is 2.50. The minimum Gasteiger partial charge on any atom is -0.385 e. The van der Waals surface area contributed by atoms with Gasteiger partial charge in [0.15, 0.2) is 0 Å². The third kappa shape index (κ3) is 3.15. The van der Waals surface area contributed by atoms with Crippen LogP contribution in [0.3, 0.4) is 0 Å². The lowest BCUT2D eigenvalue weighted by Gasteiger charge is -2.14. The molecule has 106 valence electrons. The molecule has 4 heteroatoms. The predicted octanol–water partition coefficient (Wildman–Crippen LogP) is 2.01. The van der Waals surface area contributed by atoms with Crippen molar-refractivity contribution in [3.63, 3.8) is 0 Å². The summed E-state index contributed by atoms with van der Waals surface area (Å²) in [7, 11) is 1.66. The summed E-state index contributed by atoms with van der Waals surface area (Å²) < 4.78 is 6.85. The second kappa shape index (κ2) is 7.03. The number of benzene rings is 1. The summed E-state index contributed by atoms with van der Waals surface area (Å²) in [5.41, 5.74) is 8.21. The Morgan fingerprint density at radius 1 is 1.15 bits per heavy atom. The van der Waals surface area contributed by atoms with Crippen molar-refractivity contribution in [2.45, 2.75) is 19.5 Å². The number of nitrogens with zero attached hydrogens (tertiary/aromatic N) is 1. The van der Waals surface area contributed by atoms with Crippen molar-refractivity contribution < 1.29 is 4.74 Å². The zero-order valence-electron chi connectivity index (χ0n) is 11.7. The molecule has 2 rings (SSSR count). The largest absolute Gasteiger partial charge is 0.385 e. The van der Waals surface area contributed by atoms with Crippen LogP contribution in [0.1, 0.15) is 12.0 Å². The Balaban J connectivity index is 2.45. The molecule has 0 fully saturated rings. The van der Waals surface area contributed by atoms with Gasteiger partial charge in [0.05, 0.1) is 5.69 Å². The Bertz CT molecular complexity index is 606. The summed E-state index contributed by atoms with van der Waals surface area (Å²) in [5, 5.41) is 0. The molecule has 4 nitrogen and oxygen atoms in total. The Kier molecular flexibility index (Phi) is 5.09. The number of aromatic nitrogens is 1. The molecule has 0 spiro atoms. The molecule has 1 heterocycles. The molecule has 0 aliphatic rings. The molecule has 1 aromatic heterocycles. The van der Waals surface area contributed by atoms with Crippen LogP contribution in [0.15, 0.2) is 47.3 Å². The van der Waals surface area contributed by atoms with E-state index in [0.29, 0.717) is 18.7 Å². The van der Waals surface area contributed by atoms with Crippen LogP contribution in [-0.2, 0) is 17.8 Å². The second-order valence-corrected chi connectivity index (χ2v) is 4.62. The lowest BCUT2D eigenvalue weighted by molar-refractivity contribution is 0.190. The first kappa shape index (κ1) is 14.5. The summed E-state index contributed by atoms with van der Waals surface area (Å²) in [5.74, 6) is 0. The average molecular weight is 272 g/mol. The van der Waals surface area contributed by atoms with Gasteiger partial charge in [0, 0.05) is 32.4 Å². The zero-order valence-corrected chi connectivity index (χ0v) is 11.7. The molecule has 20 heavy (non-hydrogen) atoms. The topological polar surface area (TPSA) is 57.2 Å². The number of methoxy groups -OCH3 is 1. The normalized spacial score (nSPS) is 10.7. The van der Waals surface area contributed by atoms with E-state index in [2.05, 4.69) is 0 Å². The van der Waals surface area contributed by atoms with Crippen LogP contribution in [0.25, 0.3) is 11.3 Å². The number of pyridine rings is 1. The van der Waals surface area contributed by atoms with Gasteiger partial charge in [0.2, 0.25) is 0 Å². The molecule has 0 aliphatic carbocycles. The van der Waals surface area contributed by atoms with Gasteiger partial charge in [-0.1, -0.05) is 36.4 Å². The highest BCUT2D eigenvalue weighted by Gasteiger charge is 2.09. The van der Waals surface area contributed by atoms with Crippen molar-refractivity contribution in [3.05, 3.63) is 58.4 Å². The highest BCUT2D eigenvalue weighted by Crippen LogP contribution is 2.18. The zero-order chi connectivity index (χ0) is 14.4. The Morgan fingerprint density at radius 3 is 2.55 bits per heavy atom. The van der Waals surface area contributed by atoms with Crippen LogP contribution >= 0.6 is 0 Å². The number of ether oxygens (including phenoxy) is 1. The van der Waals surface area contributed by atoms with Gasteiger partial charge in [-0.15, -0.1) is 0 Å². The minimum atomic E-state index is -0.00930. The number of hydrogen-bond acceptors (Lipinski definition) is 3. The van der Waals surface area contributed by atoms with Crippen LogP contribution in [0.4, 0.5) is 0 Å². The summed E-state index contributed by atoms with van der Waals surface area (Å²) >= 11 is 0. The first-order chi connectivity index (χ1) is 9.77. The van der Waals surface area contributed by atoms with Gasteiger partial charge in [-0.3, -0.25) is 4.79 Å². The van der Waals surface area contributed by atoms with E-state index < -0.39 is 0 Å².